The first kappa shape index (κ1) is 11.9. The van der Waals surface area contributed by atoms with Crippen LogP contribution < -0.4 is 10.2 Å². The Kier molecular flexibility index (Phi) is 4.18. The van der Waals surface area contributed by atoms with E-state index in [-0.39, 0.29) is 0 Å². The minimum Gasteiger partial charge on any atom is -0.345 e. The molecule has 3 nitrogen and oxygen atoms in total. The van der Waals surface area contributed by atoms with Gasteiger partial charge in [0.2, 0.25) is 0 Å². The van der Waals surface area contributed by atoms with Crippen LogP contribution in [0.25, 0.3) is 0 Å². The summed E-state index contributed by atoms with van der Waals surface area (Å²) in [5, 5.41) is 6.78. The van der Waals surface area contributed by atoms with Crippen LogP contribution in [0, 0.1) is 0 Å². The largest absolute Gasteiger partial charge is 0.345 e. The van der Waals surface area contributed by atoms with Crippen LogP contribution in [0.1, 0.15) is 38.8 Å². The molecule has 0 bridgehead atoms. The molecule has 1 aromatic rings. The summed E-state index contributed by atoms with van der Waals surface area (Å²) in [4.78, 5) is 7.13. The second-order valence-corrected chi connectivity index (χ2v) is 5.32. The number of hydrogen-bond donors (Lipinski definition) is 1. The summed E-state index contributed by atoms with van der Waals surface area (Å²) in [6.45, 7) is 7.64. The molecule has 16 heavy (non-hydrogen) atoms. The van der Waals surface area contributed by atoms with Gasteiger partial charge in [-0.05, 0) is 32.7 Å². The van der Waals surface area contributed by atoms with E-state index in [2.05, 4.69) is 29.4 Å². The molecule has 1 N–H and O–H groups in total. The highest BCUT2D eigenvalue weighted by Crippen LogP contribution is 2.28. The molecule has 1 saturated heterocycles. The van der Waals surface area contributed by atoms with Crippen molar-refractivity contribution in [3.63, 3.8) is 0 Å². The number of anilines is 1. The molecule has 1 aliphatic rings. The van der Waals surface area contributed by atoms with Crippen LogP contribution in [0.3, 0.4) is 0 Å². The Hall–Kier alpha value is -0.610. The lowest BCUT2D eigenvalue weighted by Crippen LogP contribution is -2.26. The molecule has 0 saturated carbocycles. The Balaban J connectivity index is 1.91. The fourth-order valence-corrected chi connectivity index (χ4v) is 3.07. The van der Waals surface area contributed by atoms with Gasteiger partial charge < -0.3 is 10.2 Å². The summed E-state index contributed by atoms with van der Waals surface area (Å²) in [5.41, 5.74) is 1.19. The second kappa shape index (κ2) is 5.64. The third-order valence-corrected chi connectivity index (χ3v) is 4.00. The minimum atomic E-state index is 0.669. The first-order valence-corrected chi connectivity index (χ1v) is 7.11. The number of rotatable bonds is 5. The number of thiazole rings is 1. The summed E-state index contributed by atoms with van der Waals surface area (Å²) in [6, 6.07) is 0.669. The third kappa shape index (κ3) is 2.74. The maximum absolute atomic E-state index is 4.70. The zero-order valence-corrected chi connectivity index (χ0v) is 11.0. The van der Waals surface area contributed by atoms with Crippen LogP contribution in [0.4, 0.5) is 5.13 Å². The molecule has 0 aromatic carbocycles. The molecule has 0 radical (unpaired) electrons. The molecule has 2 rings (SSSR count). The predicted octanol–water partition coefficient (Wildman–Crippen LogP) is 2.63. The average Bonchev–Trinajstić information content (AvgIpc) is 2.87. The molecule has 0 aliphatic carbocycles. The lowest BCUT2D eigenvalue weighted by atomic mass is 10.2. The molecule has 1 aromatic heterocycles. The van der Waals surface area contributed by atoms with Crippen LogP contribution in [-0.2, 0) is 6.54 Å². The third-order valence-electron chi connectivity index (χ3n) is 3.07. The number of hydrogen-bond acceptors (Lipinski definition) is 4. The summed E-state index contributed by atoms with van der Waals surface area (Å²) in [6.07, 6.45) is 3.80. The molecule has 0 spiro atoms. The molecule has 2 heterocycles. The van der Waals surface area contributed by atoms with Crippen LogP contribution in [0.5, 0.6) is 0 Å². The summed E-state index contributed by atoms with van der Waals surface area (Å²) < 4.78 is 0. The molecule has 0 amide bonds. The Morgan fingerprint density at radius 1 is 1.62 bits per heavy atom. The first-order chi connectivity index (χ1) is 7.81. The van der Waals surface area contributed by atoms with Gasteiger partial charge in [-0.25, -0.2) is 4.98 Å². The SMILES string of the molecule is CCCNCc1csc(N2CCCC2C)n1. The normalized spacial score (nSPS) is 20.6. The lowest BCUT2D eigenvalue weighted by Gasteiger charge is -2.19. The van der Waals surface area contributed by atoms with E-state index >= 15 is 0 Å². The topological polar surface area (TPSA) is 28.2 Å². The van der Waals surface area contributed by atoms with Crippen molar-refractivity contribution in [3.05, 3.63) is 11.1 Å². The van der Waals surface area contributed by atoms with Crippen molar-refractivity contribution in [2.24, 2.45) is 0 Å². The fourth-order valence-electron chi connectivity index (χ4n) is 2.12. The van der Waals surface area contributed by atoms with Gasteiger partial charge in [-0.15, -0.1) is 11.3 Å². The highest BCUT2D eigenvalue weighted by Gasteiger charge is 2.22. The lowest BCUT2D eigenvalue weighted by molar-refractivity contribution is 0.664. The first-order valence-electron chi connectivity index (χ1n) is 6.23. The molecule has 1 aliphatic heterocycles. The van der Waals surface area contributed by atoms with E-state index in [1.807, 2.05) is 0 Å². The van der Waals surface area contributed by atoms with E-state index in [1.165, 1.54) is 36.6 Å². The molecule has 90 valence electrons. The number of aromatic nitrogens is 1. The van der Waals surface area contributed by atoms with Crippen molar-refractivity contribution in [3.8, 4) is 0 Å². The molecule has 1 atom stereocenters. The molecular formula is C12H21N3S. The van der Waals surface area contributed by atoms with Crippen molar-refractivity contribution in [2.45, 2.75) is 45.7 Å². The van der Waals surface area contributed by atoms with Gasteiger partial charge in [0.1, 0.15) is 0 Å². The van der Waals surface area contributed by atoms with Crippen molar-refractivity contribution in [2.75, 3.05) is 18.0 Å². The van der Waals surface area contributed by atoms with Gasteiger partial charge in [0.05, 0.1) is 5.69 Å². The number of nitrogens with one attached hydrogen (secondary N) is 1. The van der Waals surface area contributed by atoms with Crippen LogP contribution in [0.2, 0.25) is 0 Å². The van der Waals surface area contributed by atoms with Gasteiger partial charge >= 0.3 is 0 Å². The molecule has 1 fully saturated rings. The molecule has 1 unspecified atom stereocenters. The van der Waals surface area contributed by atoms with E-state index < -0.39 is 0 Å². The smallest absolute Gasteiger partial charge is 0.185 e. The van der Waals surface area contributed by atoms with E-state index in [4.69, 9.17) is 4.98 Å². The van der Waals surface area contributed by atoms with Crippen LogP contribution in [-0.4, -0.2) is 24.1 Å². The number of nitrogens with zero attached hydrogens (tertiary/aromatic N) is 2. The highest BCUT2D eigenvalue weighted by atomic mass is 32.1. The van der Waals surface area contributed by atoms with Crippen LogP contribution >= 0.6 is 11.3 Å². The zero-order chi connectivity index (χ0) is 11.4. The predicted molar refractivity (Wildman–Crippen MR) is 70.2 cm³/mol. The monoisotopic (exact) mass is 239 g/mol. The van der Waals surface area contributed by atoms with Crippen molar-refractivity contribution in [1.29, 1.82) is 0 Å². The van der Waals surface area contributed by atoms with Gasteiger partial charge in [0.25, 0.3) is 0 Å². The van der Waals surface area contributed by atoms with E-state index in [0.29, 0.717) is 6.04 Å². The van der Waals surface area contributed by atoms with E-state index in [0.717, 1.165) is 13.1 Å². The highest BCUT2D eigenvalue weighted by molar-refractivity contribution is 7.13. The van der Waals surface area contributed by atoms with Gasteiger partial charge in [-0.1, -0.05) is 6.92 Å². The van der Waals surface area contributed by atoms with E-state index in [9.17, 15) is 0 Å². The molecule has 4 heteroatoms. The van der Waals surface area contributed by atoms with E-state index in [1.54, 1.807) is 11.3 Å². The van der Waals surface area contributed by atoms with Crippen molar-refractivity contribution >= 4 is 16.5 Å². The van der Waals surface area contributed by atoms with Gasteiger partial charge in [0, 0.05) is 24.5 Å². The maximum Gasteiger partial charge on any atom is 0.185 e. The summed E-state index contributed by atoms with van der Waals surface area (Å²) in [7, 11) is 0. The quantitative estimate of drug-likeness (QED) is 0.801. The average molecular weight is 239 g/mol. The van der Waals surface area contributed by atoms with Crippen LogP contribution in [0.15, 0.2) is 5.38 Å². The Morgan fingerprint density at radius 2 is 2.50 bits per heavy atom. The summed E-state index contributed by atoms with van der Waals surface area (Å²) >= 11 is 1.78. The Morgan fingerprint density at radius 3 is 3.19 bits per heavy atom. The standard InChI is InChI=1S/C12H21N3S/c1-3-6-13-8-11-9-16-12(14-11)15-7-4-5-10(15)2/h9-10,13H,3-8H2,1-2H3. The minimum absolute atomic E-state index is 0.669. The maximum atomic E-state index is 4.70. The van der Waals surface area contributed by atoms with Gasteiger partial charge in [-0.3, -0.25) is 0 Å². The molecular weight excluding hydrogens is 218 g/mol. The van der Waals surface area contributed by atoms with Gasteiger partial charge in [0.15, 0.2) is 5.13 Å². The summed E-state index contributed by atoms with van der Waals surface area (Å²) in [5.74, 6) is 0. The fraction of sp³-hybridized carbons (Fsp3) is 0.750. The zero-order valence-electron chi connectivity index (χ0n) is 10.2. The Bertz CT molecular complexity index is 324. The Labute approximate surface area is 102 Å². The second-order valence-electron chi connectivity index (χ2n) is 4.48. The van der Waals surface area contributed by atoms with Crippen molar-refractivity contribution in [1.82, 2.24) is 10.3 Å². The van der Waals surface area contributed by atoms with Crippen molar-refractivity contribution < 1.29 is 0 Å². The van der Waals surface area contributed by atoms with Gasteiger partial charge in [-0.2, -0.15) is 0 Å².